The highest BCUT2D eigenvalue weighted by molar-refractivity contribution is 6.03. The van der Waals surface area contributed by atoms with Crippen molar-refractivity contribution in [2.75, 3.05) is 6.54 Å². The Kier molecular flexibility index (Phi) is 4.11. The molecule has 0 aliphatic carbocycles. The van der Waals surface area contributed by atoms with Gasteiger partial charge in [0.1, 0.15) is 5.69 Å². The van der Waals surface area contributed by atoms with E-state index in [4.69, 9.17) is 0 Å². The van der Waals surface area contributed by atoms with Gasteiger partial charge in [0.2, 0.25) is 0 Å². The zero-order valence-corrected chi connectivity index (χ0v) is 15.0. The summed E-state index contributed by atoms with van der Waals surface area (Å²) in [5, 5.41) is 8.19. The number of hydrogen-bond donors (Lipinski definition) is 1. The Balaban J connectivity index is 1.65. The van der Waals surface area contributed by atoms with E-state index in [0.717, 1.165) is 29.4 Å². The van der Waals surface area contributed by atoms with Crippen LogP contribution in [0, 0.1) is 0 Å². The molecule has 0 bridgehead atoms. The van der Waals surface area contributed by atoms with E-state index in [1.165, 1.54) is 0 Å². The molecule has 0 saturated heterocycles. The highest BCUT2D eigenvalue weighted by Gasteiger charge is 2.19. The summed E-state index contributed by atoms with van der Waals surface area (Å²) in [6, 6.07) is 7.85. The Morgan fingerprint density at radius 1 is 1.31 bits per heavy atom. The van der Waals surface area contributed by atoms with Crippen molar-refractivity contribution in [2.45, 2.75) is 39.3 Å². The number of carbonyl (C=O) groups is 2. The fourth-order valence-corrected chi connectivity index (χ4v) is 3.43. The van der Waals surface area contributed by atoms with Crippen LogP contribution in [0.25, 0.3) is 10.9 Å². The number of benzene rings is 1. The lowest BCUT2D eigenvalue weighted by Gasteiger charge is -2.06. The predicted molar refractivity (Wildman–Crippen MR) is 99.5 cm³/mol. The van der Waals surface area contributed by atoms with Crippen molar-refractivity contribution in [3.8, 4) is 0 Å². The summed E-state index contributed by atoms with van der Waals surface area (Å²) in [6.07, 6.45) is 4.89. The van der Waals surface area contributed by atoms with Gasteiger partial charge in [-0.25, -0.2) is 0 Å². The van der Waals surface area contributed by atoms with Gasteiger partial charge in [0, 0.05) is 48.2 Å². The monoisotopic (exact) mass is 350 g/mol. The van der Waals surface area contributed by atoms with Gasteiger partial charge in [-0.05, 0) is 38.0 Å². The van der Waals surface area contributed by atoms with Crippen molar-refractivity contribution >= 4 is 22.6 Å². The molecule has 6 heteroatoms. The number of nitrogens with zero attached hydrogens (tertiary/aromatic N) is 3. The summed E-state index contributed by atoms with van der Waals surface area (Å²) in [5.41, 5.74) is 3.19. The van der Waals surface area contributed by atoms with Crippen LogP contribution in [0.5, 0.6) is 0 Å². The summed E-state index contributed by atoms with van der Waals surface area (Å²) in [4.78, 5) is 24.9. The van der Waals surface area contributed by atoms with Gasteiger partial charge in [-0.1, -0.05) is 12.1 Å². The highest BCUT2D eigenvalue weighted by Crippen LogP contribution is 2.24. The largest absolute Gasteiger partial charge is 0.351 e. The van der Waals surface area contributed by atoms with Crippen molar-refractivity contribution in [1.29, 1.82) is 0 Å². The van der Waals surface area contributed by atoms with E-state index in [1.807, 2.05) is 39.7 Å². The van der Waals surface area contributed by atoms with E-state index in [1.54, 1.807) is 6.20 Å². The third kappa shape index (κ3) is 2.92. The van der Waals surface area contributed by atoms with Crippen LogP contribution in [0.15, 0.2) is 36.7 Å². The van der Waals surface area contributed by atoms with Crippen LogP contribution in [0.3, 0.4) is 0 Å². The number of rotatable bonds is 4. The first-order chi connectivity index (χ1) is 12.5. The first-order valence-electron chi connectivity index (χ1n) is 9.00. The van der Waals surface area contributed by atoms with E-state index < -0.39 is 0 Å². The Morgan fingerprint density at radius 2 is 2.15 bits per heavy atom. The lowest BCUT2D eigenvalue weighted by atomic mass is 10.0. The zero-order chi connectivity index (χ0) is 18.3. The molecule has 3 heterocycles. The predicted octanol–water partition coefficient (Wildman–Crippen LogP) is 2.98. The van der Waals surface area contributed by atoms with E-state index in [2.05, 4.69) is 24.3 Å². The van der Waals surface area contributed by atoms with Crippen LogP contribution in [-0.2, 0) is 13.0 Å². The van der Waals surface area contributed by atoms with Gasteiger partial charge in [-0.3, -0.25) is 14.3 Å². The Morgan fingerprint density at radius 3 is 2.92 bits per heavy atom. The maximum Gasteiger partial charge on any atom is 0.267 e. The number of aryl methyl sites for hydroxylation is 1. The molecule has 1 aliphatic heterocycles. The van der Waals surface area contributed by atoms with Crippen LogP contribution < -0.4 is 5.32 Å². The van der Waals surface area contributed by atoms with E-state index in [0.29, 0.717) is 24.2 Å². The van der Waals surface area contributed by atoms with Crippen LogP contribution >= 0.6 is 0 Å². The molecule has 0 spiro atoms. The van der Waals surface area contributed by atoms with Crippen LogP contribution in [-0.4, -0.2) is 32.6 Å². The normalized spacial score (nSPS) is 14.3. The average molecular weight is 350 g/mol. The number of carbonyl (C=O) groups excluding carboxylic acids is 2. The summed E-state index contributed by atoms with van der Waals surface area (Å²) in [7, 11) is 0. The van der Waals surface area contributed by atoms with Crippen LogP contribution in [0.1, 0.15) is 52.7 Å². The Bertz CT molecular complexity index is 997. The number of ketones is 1. The molecule has 4 rings (SSSR count). The molecule has 3 aromatic rings. The van der Waals surface area contributed by atoms with Crippen molar-refractivity contribution < 1.29 is 9.59 Å². The molecule has 1 N–H and O–H groups in total. The number of aromatic nitrogens is 3. The summed E-state index contributed by atoms with van der Waals surface area (Å²) in [6.45, 7) is 5.57. The molecule has 0 radical (unpaired) electrons. The quantitative estimate of drug-likeness (QED) is 0.736. The summed E-state index contributed by atoms with van der Waals surface area (Å²) >= 11 is 0. The maximum absolute atomic E-state index is 12.7. The maximum atomic E-state index is 12.7. The molecule has 2 aromatic heterocycles. The molecule has 1 aromatic carbocycles. The van der Waals surface area contributed by atoms with Gasteiger partial charge < -0.3 is 9.88 Å². The third-order valence-electron chi connectivity index (χ3n) is 4.85. The van der Waals surface area contributed by atoms with Crippen molar-refractivity contribution in [2.24, 2.45) is 0 Å². The van der Waals surface area contributed by atoms with Gasteiger partial charge in [-0.15, -0.1) is 0 Å². The zero-order valence-electron chi connectivity index (χ0n) is 15.0. The second kappa shape index (κ2) is 6.44. The molecule has 0 fully saturated rings. The molecule has 134 valence electrons. The minimum atomic E-state index is -0.0484. The molecular formula is C20H22N4O2. The second-order valence-electron chi connectivity index (χ2n) is 7.09. The van der Waals surface area contributed by atoms with Crippen molar-refractivity contribution in [3.05, 3.63) is 53.5 Å². The number of Topliss-reactive ketones (excluding diaryl/α,β-unsaturated/α-hetero) is 1. The van der Waals surface area contributed by atoms with Crippen LogP contribution in [0.2, 0.25) is 0 Å². The minimum absolute atomic E-state index is 0.0484. The standard InChI is InChI=1S/C20H22N4O2/c1-13(2)24-12-14(11-22-24)8-19(25)16-5-4-15-9-18-20(26)21-6-3-7-23(18)17(15)10-16/h4-5,9-13H,3,6-8H2,1-2H3,(H,21,26). The van der Waals surface area contributed by atoms with Crippen molar-refractivity contribution in [1.82, 2.24) is 19.7 Å². The topological polar surface area (TPSA) is 68.9 Å². The molecule has 0 saturated carbocycles. The molecule has 1 aliphatic rings. The fourth-order valence-electron chi connectivity index (χ4n) is 3.43. The lowest BCUT2D eigenvalue weighted by molar-refractivity contribution is 0.0950. The highest BCUT2D eigenvalue weighted by atomic mass is 16.2. The number of nitrogens with one attached hydrogen (secondary N) is 1. The van der Waals surface area contributed by atoms with Crippen molar-refractivity contribution in [3.63, 3.8) is 0 Å². The molecule has 0 atom stereocenters. The summed E-state index contributed by atoms with van der Waals surface area (Å²) in [5.74, 6) is 0.0107. The van der Waals surface area contributed by atoms with E-state index in [9.17, 15) is 9.59 Å². The first kappa shape index (κ1) is 16.6. The lowest BCUT2D eigenvalue weighted by Crippen LogP contribution is -2.22. The van der Waals surface area contributed by atoms with Gasteiger partial charge >= 0.3 is 0 Å². The van der Waals surface area contributed by atoms with Crippen LogP contribution in [0.4, 0.5) is 0 Å². The second-order valence-corrected chi connectivity index (χ2v) is 7.09. The number of amides is 1. The molecular weight excluding hydrogens is 328 g/mol. The van der Waals surface area contributed by atoms with E-state index in [-0.39, 0.29) is 17.7 Å². The molecule has 0 unspecified atom stereocenters. The number of fused-ring (bicyclic) bond motifs is 3. The summed E-state index contributed by atoms with van der Waals surface area (Å²) < 4.78 is 3.88. The third-order valence-corrected chi connectivity index (χ3v) is 4.85. The van der Waals surface area contributed by atoms with E-state index >= 15 is 0 Å². The molecule has 1 amide bonds. The Hall–Kier alpha value is -2.89. The van der Waals surface area contributed by atoms with Gasteiger partial charge in [0.15, 0.2) is 5.78 Å². The van der Waals surface area contributed by atoms with Gasteiger partial charge in [0.25, 0.3) is 5.91 Å². The van der Waals surface area contributed by atoms with Gasteiger partial charge in [-0.2, -0.15) is 5.10 Å². The number of hydrogen-bond acceptors (Lipinski definition) is 3. The molecule has 6 nitrogen and oxygen atoms in total. The SMILES string of the molecule is CC(C)n1cc(CC(=O)c2ccc3cc4n(c3c2)CCCNC4=O)cn1. The smallest absolute Gasteiger partial charge is 0.267 e. The molecule has 26 heavy (non-hydrogen) atoms. The van der Waals surface area contributed by atoms with Gasteiger partial charge in [0.05, 0.1) is 6.20 Å². The first-order valence-corrected chi connectivity index (χ1v) is 9.00. The minimum Gasteiger partial charge on any atom is -0.351 e. The fraction of sp³-hybridized carbons (Fsp3) is 0.350. The average Bonchev–Trinajstić information content (AvgIpc) is 3.18. The Labute approximate surface area is 151 Å².